The highest BCUT2D eigenvalue weighted by molar-refractivity contribution is 7.89. The lowest BCUT2D eigenvalue weighted by Crippen LogP contribution is -2.23. The lowest BCUT2D eigenvalue weighted by Gasteiger charge is -2.27. The van der Waals surface area contributed by atoms with Gasteiger partial charge in [0.15, 0.2) is 5.82 Å². The summed E-state index contributed by atoms with van der Waals surface area (Å²) in [6.07, 6.45) is 4.95. The molecule has 1 atom stereocenters. The third-order valence-electron chi connectivity index (χ3n) is 3.60. The topological polar surface area (TPSA) is 100 Å². The number of hydrogen-bond donors (Lipinski definition) is 1. The molecule has 0 amide bonds. The van der Waals surface area contributed by atoms with Crippen molar-refractivity contribution in [2.24, 2.45) is 5.14 Å². The van der Waals surface area contributed by atoms with E-state index in [1.54, 1.807) is 13.3 Å². The number of aromatic nitrogens is 3. The number of rotatable bonds is 5. The fraction of sp³-hybridized carbons (Fsp3) is 0.385. The van der Waals surface area contributed by atoms with Crippen LogP contribution in [0, 0.1) is 0 Å². The summed E-state index contributed by atoms with van der Waals surface area (Å²) in [4.78, 5) is 4.14. The molecule has 1 unspecified atom stereocenters. The second kappa shape index (κ2) is 5.55. The maximum atomic E-state index is 11.3. The summed E-state index contributed by atoms with van der Waals surface area (Å²) in [7, 11) is -2.12. The van der Waals surface area contributed by atoms with Crippen molar-refractivity contribution < 1.29 is 13.2 Å². The van der Waals surface area contributed by atoms with E-state index in [1.165, 1.54) is 17.1 Å². The number of pyridine rings is 1. The molecular formula is C13H18N4O3S. The van der Waals surface area contributed by atoms with Crippen LogP contribution in [-0.2, 0) is 20.4 Å². The fourth-order valence-electron chi connectivity index (χ4n) is 1.92. The van der Waals surface area contributed by atoms with Crippen molar-refractivity contribution in [2.75, 3.05) is 7.11 Å². The summed E-state index contributed by atoms with van der Waals surface area (Å²) < 4.78 is 29.5. The summed E-state index contributed by atoms with van der Waals surface area (Å²) in [6, 6.07) is 3.67. The molecule has 0 saturated carbocycles. The summed E-state index contributed by atoms with van der Waals surface area (Å²) in [5, 5.41) is 9.05. The summed E-state index contributed by atoms with van der Waals surface area (Å²) in [5.74, 6) is 0.499. The van der Waals surface area contributed by atoms with E-state index in [1.807, 2.05) is 26.0 Å². The van der Waals surface area contributed by atoms with Crippen molar-refractivity contribution in [1.29, 1.82) is 0 Å². The Bertz CT molecular complexity index is 735. The van der Waals surface area contributed by atoms with E-state index in [4.69, 9.17) is 9.88 Å². The van der Waals surface area contributed by atoms with Crippen LogP contribution >= 0.6 is 0 Å². The molecule has 0 spiro atoms. The van der Waals surface area contributed by atoms with Crippen molar-refractivity contribution in [3.8, 4) is 5.82 Å². The molecular weight excluding hydrogens is 292 g/mol. The molecule has 0 aliphatic carbocycles. The van der Waals surface area contributed by atoms with Gasteiger partial charge in [-0.1, -0.05) is 6.92 Å². The number of ether oxygens (including phenoxy) is 1. The largest absolute Gasteiger partial charge is 0.374 e. The number of primary sulfonamides is 1. The number of methoxy groups -OCH3 is 1. The van der Waals surface area contributed by atoms with E-state index in [0.717, 1.165) is 12.0 Å². The van der Waals surface area contributed by atoms with Gasteiger partial charge < -0.3 is 4.74 Å². The van der Waals surface area contributed by atoms with Crippen molar-refractivity contribution in [3.63, 3.8) is 0 Å². The van der Waals surface area contributed by atoms with Crippen LogP contribution in [0.25, 0.3) is 5.82 Å². The van der Waals surface area contributed by atoms with E-state index in [9.17, 15) is 8.42 Å². The lowest BCUT2D eigenvalue weighted by molar-refractivity contribution is -0.00147. The zero-order chi connectivity index (χ0) is 15.7. The van der Waals surface area contributed by atoms with Crippen LogP contribution in [-0.4, -0.2) is 30.3 Å². The predicted molar refractivity (Wildman–Crippen MR) is 77.4 cm³/mol. The minimum Gasteiger partial charge on any atom is -0.374 e. The highest BCUT2D eigenvalue weighted by atomic mass is 32.2. The number of nitrogens with zero attached hydrogens (tertiary/aromatic N) is 3. The van der Waals surface area contributed by atoms with Crippen LogP contribution in [0.3, 0.4) is 0 Å². The van der Waals surface area contributed by atoms with Crippen LogP contribution in [0.4, 0.5) is 0 Å². The Labute approximate surface area is 123 Å². The number of sulfonamides is 1. The van der Waals surface area contributed by atoms with Gasteiger partial charge >= 0.3 is 0 Å². The number of nitrogens with two attached hydrogens (primary N) is 1. The Morgan fingerprint density at radius 1 is 1.48 bits per heavy atom. The molecule has 0 bridgehead atoms. The first-order valence-electron chi connectivity index (χ1n) is 6.39. The molecule has 2 heterocycles. The standard InChI is InChI=1S/C13H18N4O3S/c1-4-13(2,20-3)10-5-6-15-12(7-10)17-9-11(8-16-17)21(14,18)19/h5-9H,4H2,1-3H3,(H2,14,18,19). The molecule has 114 valence electrons. The van der Waals surface area contributed by atoms with Crippen LogP contribution in [0.1, 0.15) is 25.8 Å². The molecule has 2 rings (SSSR count). The van der Waals surface area contributed by atoms with Gasteiger partial charge in [-0.15, -0.1) is 0 Å². The van der Waals surface area contributed by atoms with Crippen LogP contribution in [0.2, 0.25) is 0 Å². The third kappa shape index (κ3) is 3.12. The zero-order valence-electron chi connectivity index (χ0n) is 12.1. The van der Waals surface area contributed by atoms with Gasteiger partial charge in [0.05, 0.1) is 18.0 Å². The average Bonchev–Trinajstić information content (AvgIpc) is 2.96. The second-order valence-electron chi connectivity index (χ2n) is 4.86. The van der Waals surface area contributed by atoms with Crippen molar-refractivity contribution in [3.05, 3.63) is 36.3 Å². The van der Waals surface area contributed by atoms with Gasteiger partial charge in [0.25, 0.3) is 0 Å². The zero-order valence-corrected chi connectivity index (χ0v) is 13.0. The molecule has 0 saturated heterocycles. The predicted octanol–water partition coefficient (Wildman–Crippen LogP) is 1.19. The minimum absolute atomic E-state index is 0.0558. The van der Waals surface area contributed by atoms with Crippen LogP contribution in [0.5, 0.6) is 0 Å². The average molecular weight is 310 g/mol. The summed E-state index contributed by atoms with van der Waals surface area (Å²) >= 11 is 0. The molecule has 0 radical (unpaired) electrons. The molecule has 0 aromatic carbocycles. The van der Waals surface area contributed by atoms with E-state index in [-0.39, 0.29) is 4.90 Å². The van der Waals surface area contributed by atoms with Crippen LogP contribution < -0.4 is 5.14 Å². The van der Waals surface area contributed by atoms with E-state index >= 15 is 0 Å². The fourth-order valence-corrected chi connectivity index (χ4v) is 2.36. The molecule has 0 aliphatic rings. The Balaban J connectivity index is 2.45. The molecule has 2 N–H and O–H groups in total. The molecule has 2 aromatic rings. The third-order valence-corrected chi connectivity index (χ3v) is 4.47. The Morgan fingerprint density at radius 3 is 2.71 bits per heavy atom. The van der Waals surface area contributed by atoms with Gasteiger partial charge in [0.1, 0.15) is 4.90 Å². The van der Waals surface area contributed by atoms with Gasteiger partial charge in [0.2, 0.25) is 10.0 Å². The van der Waals surface area contributed by atoms with Crippen LogP contribution in [0.15, 0.2) is 35.6 Å². The van der Waals surface area contributed by atoms with Gasteiger partial charge in [-0.25, -0.2) is 23.2 Å². The first-order chi connectivity index (χ1) is 9.80. The normalized spacial score (nSPS) is 14.9. The monoisotopic (exact) mass is 310 g/mol. The lowest BCUT2D eigenvalue weighted by atomic mass is 9.94. The molecule has 21 heavy (non-hydrogen) atoms. The highest BCUT2D eigenvalue weighted by Gasteiger charge is 2.24. The van der Waals surface area contributed by atoms with Crippen molar-refractivity contribution in [2.45, 2.75) is 30.8 Å². The van der Waals surface area contributed by atoms with E-state index in [2.05, 4.69) is 10.1 Å². The van der Waals surface area contributed by atoms with Crippen molar-refractivity contribution >= 4 is 10.0 Å². The SMILES string of the molecule is CCC(C)(OC)c1ccnc(-n2cc(S(N)(=O)=O)cn2)c1. The Morgan fingerprint density at radius 2 is 2.19 bits per heavy atom. The Hall–Kier alpha value is -1.77. The van der Waals surface area contributed by atoms with E-state index < -0.39 is 15.6 Å². The van der Waals surface area contributed by atoms with Crippen molar-refractivity contribution in [1.82, 2.24) is 14.8 Å². The maximum absolute atomic E-state index is 11.3. The molecule has 0 fully saturated rings. The summed E-state index contributed by atoms with van der Waals surface area (Å²) in [5.41, 5.74) is 0.498. The molecule has 0 aliphatic heterocycles. The molecule has 2 aromatic heterocycles. The second-order valence-corrected chi connectivity index (χ2v) is 6.42. The summed E-state index contributed by atoms with van der Waals surface area (Å²) in [6.45, 7) is 4.00. The minimum atomic E-state index is -3.77. The number of hydrogen-bond acceptors (Lipinski definition) is 5. The maximum Gasteiger partial charge on any atom is 0.241 e. The first kappa shape index (κ1) is 15.6. The smallest absolute Gasteiger partial charge is 0.241 e. The van der Waals surface area contributed by atoms with Gasteiger partial charge in [-0.3, -0.25) is 0 Å². The Kier molecular flexibility index (Phi) is 4.13. The molecule has 8 heteroatoms. The highest BCUT2D eigenvalue weighted by Crippen LogP contribution is 2.28. The first-order valence-corrected chi connectivity index (χ1v) is 7.94. The van der Waals surface area contributed by atoms with Gasteiger partial charge in [-0.2, -0.15) is 5.10 Å². The molecule has 7 nitrogen and oxygen atoms in total. The van der Waals surface area contributed by atoms with E-state index in [0.29, 0.717) is 5.82 Å². The van der Waals surface area contributed by atoms with Gasteiger partial charge in [0, 0.05) is 13.3 Å². The quantitative estimate of drug-likeness (QED) is 0.894. The van der Waals surface area contributed by atoms with Gasteiger partial charge in [-0.05, 0) is 31.0 Å².